The maximum atomic E-state index is 12.6. The average molecular weight is 191 g/mol. The number of carboxylic acids is 1. The second-order valence-electron chi connectivity index (χ2n) is 2.09. The molecule has 2 N–H and O–H groups in total. The summed E-state index contributed by atoms with van der Waals surface area (Å²) in [5, 5.41) is 17.3. The van der Waals surface area contributed by atoms with Gasteiger partial charge in [-0.1, -0.05) is 0 Å². The maximum absolute atomic E-state index is 12.6. The Morgan fingerprint density at radius 3 is 2.83 bits per heavy atom. The molecule has 0 radical (unpaired) electrons. The Hall–Kier alpha value is -1.01. The number of aliphatic carboxylic acids is 1. The van der Waals surface area contributed by atoms with Gasteiger partial charge in [-0.25, -0.2) is 9.18 Å². The first-order valence-electron chi connectivity index (χ1n) is 3.06. The number of nitrogens with zero attached hydrogens (tertiary/aromatic N) is 1. The molecule has 0 aliphatic carbocycles. The number of hydrogen-bond donors (Lipinski definition) is 2. The molecule has 0 spiro atoms. The minimum absolute atomic E-state index is 0.213. The third-order valence-corrected chi connectivity index (χ3v) is 2.10. The van der Waals surface area contributed by atoms with Gasteiger partial charge in [0, 0.05) is 6.20 Å². The van der Waals surface area contributed by atoms with Crippen molar-refractivity contribution in [3.8, 4) is 0 Å². The highest BCUT2D eigenvalue weighted by molar-refractivity contribution is 7.09. The number of rotatable bonds is 3. The van der Waals surface area contributed by atoms with Gasteiger partial charge in [-0.05, 0) is 0 Å². The van der Waals surface area contributed by atoms with E-state index >= 15 is 0 Å². The van der Waals surface area contributed by atoms with E-state index in [1.807, 2.05) is 0 Å². The SMILES string of the molecule is O=C(O)C(F)C(O)c1cncs1. The number of thiazole rings is 1. The molecule has 0 saturated carbocycles. The molecular formula is C6H6FNO3S. The summed E-state index contributed by atoms with van der Waals surface area (Å²) in [6.45, 7) is 0. The molecular weight excluding hydrogens is 185 g/mol. The number of carbonyl (C=O) groups is 1. The lowest BCUT2D eigenvalue weighted by Gasteiger charge is -2.08. The Morgan fingerprint density at radius 2 is 2.42 bits per heavy atom. The standard InChI is InChI=1S/C6H6FNO3S/c7-4(6(10)11)5(9)3-1-8-2-12-3/h1-2,4-5,9H,(H,10,11). The van der Waals surface area contributed by atoms with E-state index in [9.17, 15) is 9.18 Å². The molecule has 12 heavy (non-hydrogen) atoms. The van der Waals surface area contributed by atoms with Gasteiger partial charge in [-0.2, -0.15) is 0 Å². The van der Waals surface area contributed by atoms with Crippen LogP contribution >= 0.6 is 11.3 Å². The third-order valence-electron chi connectivity index (χ3n) is 1.26. The number of aromatic nitrogens is 1. The number of halogens is 1. The van der Waals surface area contributed by atoms with Gasteiger partial charge in [0.1, 0.15) is 6.10 Å². The highest BCUT2D eigenvalue weighted by Gasteiger charge is 2.28. The molecule has 0 fully saturated rings. The molecule has 0 aromatic carbocycles. The second kappa shape index (κ2) is 3.59. The van der Waals surface area contributed by atoms with Crippen LogP contribution in [0.4, 0.5) is 4.39 Å². The fourth-order valence-electron chi connectivity index (χ4n) is 0.651. The van der Waals surface area contributed by atoms with Crippen LogP contribution < -0.4 is 0 Å². The van der Waals surface area contributed by atoms with Crippen molar-refractivity contribution in [3.63, 3.8) is 0 Å². The van der Waals surface area contributed by atoms with E-state index in [2.05, 4.69) is 4.98 Å². The maximum Gasteiger partial charge on any atom is 0.341 e. The molecule has 0 saturated heterocycles. The fourth-order valence-corrected chi connectivity index (χ4v) is 1.28. The molecule has 1 heterocycles. The molecule has 2 atom stereocenters. The Kier molecular flexibility index (Phi) is 2.72. The molecule has 1 rings (SSSR count). The van der Waals surface area contributed by atoms with E-state index in [-0.39, 0.29) is 4.88 Å². The Bertz CT molecular complexity index is 264. The van der Waals surface area contributed by atoms with Crippen molar-refractivity contribution in [1.82, 2.24) is 4.98 Å². The summed E-state index contributed by atoms with van der Waals surface area (Å²) in [5.41, 5.74) is 1.40. The van der Waals surface area contributed by atoms with Crippen molar-refractivity contribution < 1.29 is 19.4 Å². The van der Waals surface area contributed by atoms with Crippen molar-refractivity contribution in [2.45, 2.75) is 12.3 Å². The van der Waals surface area contributed by atoms with E-state index < -0.39 is 18.2 Å². The van der Waals surface area contributed by atoms with Crippen molar-refractivity contribution in [2.75, 3.05) is 0 Å². The Balaban J connectivity index is 2.71. The van der Waals surface area contributed by atoms with E-state index in [0.717, 1.165) is 11.3 Å². The van der Waals surface area contributed by atoms with Gasteiger partial charge in [0.25, 0.3) is 0 Å². The topological polar surface area (TPSA) is 70.4 Å². The molecule has 1 aromatic heterocycles. The lowest BCUT2D eigenvalue weighted by atomic mass is 10.2. The molecule has 0 aliphatic heterocycles. The van der Waals surface area contributed by atoms with Crippen molar-refractivity contribution >= 4 is 17.3 Å². The van der Waals surface area contributed by atoms with Gasteiger partial charge < -0.3 is 10.2 Å². The van der Waals surface area contributed by atoms with Crippen LogP contribution in [-0.4, -0.2) is 27.3 Å². The lowest BCUT2D eigenvalue weighted by Crippen LogP contribution is -2.22. The van der Waals surface area contributed by atoms with E-state index in [1.54, 1.807) is 0 Å². The van der Waals surface area contributed by atoms with Crippen molar-refractivity contribution in [3.05, 3.63) is 16.6 Å². The zero-order valence-corrected chi connectivity index (χ0v) is 6.66. The minimum atomic E-state index is -2.29. The minimum Gasteiger partial charge on any atom is -0.479 e. The Labute approximate surface area is 71.3 Å². The van der Waals surface area contributed by atoms with Crippen LogP contribution in [0.2, 0.25) is 0 Å². The van der Waals surface area contributed by atoms with Crippen LogP contribution in [0, 0.1) is 0 Å². The van der Waals surface area contributed by atoms with Gasteiger partial charge in [0.15, 0.2) is 0 Å². The zero-order chi connectivity index (χ0) is 9.14. The van der Waals surface area contributed by atoms with Gasteiger partial charge in [-0.3, -0.25) is 4.98 Å². The van der Waals surface area contributed by atoms with Crippen LogP contribution in [0.15, 0.2) is 11.7 Å². The predicted molar refractivity (Wildman–Crippen MR) is 39.6 cm³/mol. The molecule has 6 heteroatoms. The van der Waals surface area contributed by atoms with Crippen molar-refractivity contribution in [1.29, 1.82) is 0 Å². The van der Waals surface area contributed by atoms with E-state index in [0.29, 0.717) is 0 Å². The summed E-state index contributed by atoms with van der Waals surface area (Å²) in [5.74, 6) is -1.67. The zero-order valence-electron chi connectivity index (χ0n) is 5.85. The number of hydrogen-bond acceptors (Lipinski definition) is 4. The number of aliphatic hydroxyl groups excluding tert-OH is 1. The van der Waals surface area contributed by atoms with Crippen LogP contribution in [0.5, 0.6) is 0 Å². The highest BCUT2D eigenvalue weighted by atomic mass is 32.1. The summed E-state index contributed by atoms with van der Waals surface area (Å²) in [7, 11) is 0. The van der Waals surface area contributed by atoms with E-state index in [1.165, 1.54) is 11.7 Å². The Morgan fingerprint density at radius 1 is 1.75 bits per heavy atom. The fraction of sp³-hybridized carbons (Fsp3) is 0.333. The second-order valence-corrected chi connectivity index (χ2v) is 3.01. The summed E-state index contributed by atoms with van der Waals surface area (Å²) >= 11 is 1.01. The normalized spacial score (nSPS) is 15.5. The predicted octanol–water partition coefficient (Wildman–Crippen LogP) is 0.599. The summed E-state index contributed by atoms with van der Waals surface area (Å²) in [4.78, 5) is 13.9. The van der Waals surface area contributed by atoms with Gasteiger partial charge in [0.2, 0.25) is 6.17 Å². The first-order valence-corrected chi connectivity index (χ1v) is 3.94. The van der Waals surface area contributed by atoms with E-state index in [4.69, 9.17) is 10.2 Å². The van der Waals surface area contributed by atoms with Crippen molar-refractivity contribution in [2.24, 2.45) is 0 Å². The molecule has 0 aliphatic rings. The molecule has 0 amide bonds. The average Bonchev–Trinajstić information content (AvgIpc) is 2.53. The lowest BCUT2D eigenvalue weighted by molar-refractivity contribution is -0.147. The van der Waals surface area contributed by atoms with Crippen LogP contribution in [0.3, 0.4) is 0 Å². The molecule has 2 unspecified atom stereocenters. The first-order chi connectivity index (χ1) is 5.63. The quantitative estimate of drug-likeness (QED) is 0.733. The van der Waals surface area contributed by atoms with Crippen LogP contribution in [0.1, 0.15) is 11.0 Å². The monoisotopic (exact) mass is 191 g/mol. The van der Waals surface area contributed by atoms with Crippen LogP contribution in [-0.2, 0) is 4.79 Å². The highest BCUT2D eigenvalue weighted by Crippen LogP contribution is 2.22. The first kappa shape index (κ1) is 9.08. The smallest absolute Gasteiger partial charge is 0.341 e. The molecule has 4 nitrogen and oxygen atoms in total. The van der Waals surface area contributed by atoms with Gasteiger partial charge >= 0.3 is 5.97 Å². The molecule has 0 bridgehead atoms. The molecule has 1 aromatic rings. The van der Waals surface area contributed by atoms with Gasteiger partial charge in [-0.15, -0.1) is 11.3 Å². The van der Waals surface area contributed by atoms with Gasteiger partial charge in [0.05, 0.1) is 10.4 Å². The number of carboxylic acid groups (broad SMARTS) is 1. The number of alkyl halides is 1. The summed E-state index contributed by atoms with van der Waals surface area (Å²) < 4.78 is 12.6. The third kappa shape index (κ3) is 1.77. The largest absolute Gasteiger partial charge is 0.479 e. The van der Waals surface area contributed by atoms with Crippen LogP contribution in [0.25, 0.3) is 0 Å². The number of aliphatic hydroxyl groups is 1. The summed E-state index contributed by atoms with van der Waals surface area (Å²) in [6.07, 6.45) is -2.66. The molecule has 66 valence electrons. The summed E-state index contributed by atoms with van der Waals surface area (Å²) in [6, 6.07) is 0.